The molecule has 0 saturated heterocycles. The van der Waals surface area contributed by atoms with Crippen molar-refractivity contribution in [2.75, 3.05) is 5.32 Å². The van der Waals surface area contributed by atoms with Crippen LogP contribution in [0.15, 0.2) is 29.0 Å². The molecule has 3 aromatic rings. The average Bonchev–Trinajstić information content (AvgIpc) is 2.83. The molecule has 0 unspecified atom stereocenters. The fraction of sp³-hybridized carbons (Fsp3) is 0.0769. The molecule has 0 radical (unpaired) electrons. The van der Waals surface area contributed by atoms with Crippen LogP contribution >= 0.6 is 0 Å². The molecular formula is C13H9FN4O3. The third-order valence-corrected chi connectivity index (χ3v) is 2.91. The Kier molecular flexibility index (Phi) is 2.98. The van der Waals surface area contributed by atoms with Crippen LogP contribution in [-0.2, 0) is 0 Å². The van der Waals surface area contributed by atoms with Crippen molar-refractivity contribution in [3.63, 3.8) is 0 Å². The van der Waals surface area contributed by atoms with Crippen molar-refractivity contribution in [3.05, 3.63) is 41.6 Å². The number of rotatable bonds is 3. The van der Waals surface area contributed by atoms with E-state index in [-0.39, 0.29) is 17.0 Å². The molecule has 21 heavy (non-hydrogen) atoms. The molecule has 3 rings (SSSR count). The number of aromatic nitrogens is 3. The van der Waals surface area contributed by atoms with Gasteiger partial charge in [-0.15, -0.1) is 0 Å². The van der Waals surface area contributed by atoms with E-state index >= 15 is 0 Å². The fourth-order valence-electron chi connectivity index (χ4n) is 1.89. The normalized spacial score (nSPS) is 10.8. The third kappa shape index (κ3) is 2.27. The number of carboxylic acid groups (broad SMARTS) is 1. The summed E-state index contributed by atoms with van der Waals surface area (Å²) in [5.74, 6) is -1.56. The quantitative estimate of drug-likeness (QED) is 0.763. The molecule has 0 aliphatic rings. The van der Waals surface area contributed by atoms with Crippen molar-refractivity contribution in [2.24, 2.45) is 0 Å². The number of carboxylic acids is 1. The van der Waals surface area contributed by atoms with E-state index in [2.05, 4.69) is 20.4 Å². The Morgan fingerprint density at radius 2 is 2.19 bits per heavy atom. The second-order valence-electron chi connectivity index (χ2n) is 4.30. The zero-order valence-corrected chi connectivity index (χ0v) is 10.8. The van der Waals surface area contributed by atoms with E-state index in [1.165, 1.54) is 18.5 Å². The molecular weight excluding hydrogens is 279 g/mol. The lowest BCUT2D eigenvalue weighted by Crippen LogP contribution is -2.01. The van der Waals surface area contributed by atoms with Crippen molar-refractivity contribution in [2.45, 2.75) is 6.92 Å². The molecule has 0 saturated carbocycles. The third-order valence-electron chi connectivity index (χ3n) is 2.91. The maximum Gasteiger partial charge on any atom is 0.335 e. The summed E-state index contributed by atoms with van der Waals surface area (Å²) in [4.78, 5) is 18.7. The number of nitrogens with zero attached hydrogens (tertiary/aromatic N) is 3. The number of fused-ring (bicyclic) bond motifs is 1. The first-order chi connectivity index (χ1) is 10.1. The highest BCUT2D eigenvalue weighted by atomic mass is 19.1. The number of hydrogen-bond acceptors (Lipinski definition) is 6. The molecule has 0 bridgehead atoms. The number of halogens is 1. The molecule has 2 N–H and O–H groups in total. The topological polar surface area (TPSA) is 101 Å². The van der Waals surface area contributed by atoms with Crippen molar-refractivity contribution in [1.82, 2.24) is 15.1 Å². The highest BCUT2D eigenvalue weighted by Gasteiger charge is 2.14. The maximum atomic E-state index is 13.9. The van der Waals surface area contributed by atoms with Gasteiger partial charge in [0.1, 0.15) is 23.3 Å². The van der Waals surface area contributed by atoms with Crippen LogP contribution in [0.25, 0.3) is 11.1 Å². The molecule has 1 aromatic carbocycles. The smallest absolute Gasteiger partial charge is 0.335 e. The van der Waals surface area contributed by atoms with Crippen molar-refractivity contribution in [3.8, 4) is 0 Å². The van der Waals surface area contributed by atoms with Crippen LogP contribution in [0, 0.1) is 12.7 Å². The lowest BCUT2D eigenvalue weighted by molar-refractivity contribution is 0.0696. The van der Waals surface area contributed by atoms with Crippen molar-refractivity contribution >= 4 is 28.6 Å². The lowest BCUT2D eigenvalue weighted by atomic mass is 10.2. The van der Waals surface area contributed by atoms with Gasteiger partial charge in [-0.3, -0.25) is 0 Å². The summed E-state index contributed by atoms with van der Waals surface area (Å²) >= 11 is 0. The number of anilines is 2. The van der Waals surface area contributed by atoms with Gasteiger partial charge in [-0.1, -0.05) is 5.16 Å². The summed E-state index contributed by atoms with van der Waals surface area (Å²) in [6.07, 6.45) is 1.26. The average molecular weight is 288 g/mol. The van der Waals surface area contributed by atoms with E-state index in [0.717, 1.165) is 6.07 Å². The Labute approximate surface area is 117 Å². The Morgan fingerprint density at radius 3 is 2.90 bits per heavy atom. The van der Waals surface area contributed by atoms with E-state index in [0.29, 0.717) is 16.9 Å². The Morgan fingerprint density at radius 1 is 1.38 bits per heavy atom. The molecule has 0 spiro atoms. The molecule has 0 fully saturated rings. The van der Waals surface area contributed by atoms with E-state index in [1.807, 2.05) is 0 Å². The fourth-order valence-corrected chi connectivity index (χ4v) is 1.89. The van der Waals surface area contributed by atoms with Crippen molar-refractivity contribution in [1.29, 1.82) is 0 Å². The number of hydrogen-bond donors (Lipinski definition) is 2. The molecule has 106 valence electrons. The van der Waals surface area contributed by atoms with Crippen LogP contribution in [0.2, 0.25) is 0 Å². The van der Waals surface area contributed by atoms with Crippen molar-refractivity contribution < 1.29 is 18.8 Å². The van der Waals surface area contributed by atoms with Gasteiger partial charge >= 0.3 is 5.97 Å². The Bertz CT molecular complexity index is 847. The van der Waals surface area contributed by atoms with Gasteiger partial charge in [-0.05, 0) is 25.1 Å². The van der Waals surface area contributed by atoms with Gasteiger partial charge < -0.3 is 14.9 Å². The molecule has 0 aliphatic heterocycles. The molecule has 0 atom stereocenters. The SMILES string of the molecule is Cc1noc2ncnc(Nc3ccc(C(=O)O)cc3F)c12. The minimum Gasteiger partial charge on any atom is -0.478 e. The summed E-state index contributed by atoms with van der Waals surface area (Å²) in [6, 6.07) is 3.56. The lowest BCUT2D eigenvalue weighted by Gasteiger charge is -2.07. The van der Waals surface area contributed by atoms with Crippen LogP contribution in [0.5, 0.6) is 0 Å². The van der Waals surface area contributed by atoms with E-state index < -0.39 is 11.8 Å². The zero-order valence-electron chi connectivity index (χ0n) is 10.8. The van der Waals surface area contributed by atoms with Gasteiger partial charge in [0.15, 0.2) is 0 Å². The summed E-state index contributed by atoms with van der Waals surface area (Å²) in [7, 11) is 0. The second kappa shape index (κ2) is 4.82. The minimum atomic E-state index is -1.19. The van der Waals surface area contributed by atoms with Crippen LogP contribution in [0.3, 0.4) is 0 Å². The number of aromatic carboxylic acids is 1. The maximum absolute atomic E-state index is 13.9. The van der Waals surface area contributed by atoms with E-state index in [1.54, 1.807) is 6.92 Å². The molecule has 2 heterocycles. The molecule has 8 heteroatoms. The summed E-state index contributed by atoms with van der Waals surface area (Å²) in [5, 5.41) is 15.9. The van der Waals surface area contributed by atoms with Gasteiger partial charge in [0.2, 0.25) is 0 Å². The van der Waals surface area contributed by atoms with Crippen LogP contribution in [-0.4, -0.2) is 26.2 Å². The first kappa shape index (κ1) is 13.0. The van der Waals surface area contributed by atoms with Gasteiger partial charge in [-0.25, -0.2) is 14.2 Å². The van der Waals surface area contributed by atoms with Gasteiger partial charge in [-0.2, -0.15) is 4.98 Å². The minimum absolute atomic E-state index is 0.0978. The highest BCUT2D eigenvalue weighted by molar-refractivity contribution is 5.90. The summed E-state index contributed by atoms with van der Waals surface area (Å²) < 4.78 is 18.9. The molecule has 7 nitrogen and oxygen atoms in total. The monoisotopic (exact) mass is 288 g/mol. The Balaban J connectivity index is 2.03. The van der Waals surface area contributed by atoms with Crippen LogP contribution < -0.4 is 5.32 Å². The van der Waals surface area contributed by atoms with E-state index in [4.69, 9.17) is 9.63 Å². The molecule has 0 amide bonds. The summed E-state index contributed by atoms with van der Waals surface area (Å²) in [6.45, 7) is 1.71. The first-order valence-electron chi connectivity index (χ1n) is 5.93. The highest BCUT2D eigenvalue weighted by Crippen LogP contribution is 2.27. The number of benzene rings is 1. The molecule has 0 aliphatic carbocycles. The first-order valence-corrected chi connectivity index (χ1v) is 5.93. The summed E-state index contributed by atoms with van der Waals surface area (Å²) in [5.41, 5.74) is 0.816. The predicted molar refractivity (Wildman–Crippen MR) is 71.0 cm³/mol. The zero-order chi connectivity index (χ0) is 15.0. The number of nitrogens with one attached hydrogen (secondary N) is 1. The van der Waals surface area contributed by atoms with Gasteiger partial charge in [0.25, 0.3) is 5.71 Å². The molecule has 2 aromatic heterocycles. The van der Waals surface area contributed by atoms with Crippen LogP contribution in [0.4, 0.5) is 15.9 Å². The van der Waals surface area contributed by atoms with Crippen LogP contribution in [0.1, 0.15) is 16.1 Å². The number of aryl methyl sites for hydroxylation is 1. The Hall–Kier alpha value is -3.03. The number of carbonyl (C=O) groups is 1. The largest absolute Gasteiger partial charge is 0.478 e. The van der Waals surface area contributed by atoms with E-state index in [9.17, 15) is 9.18 Å². The van der Waals surface area contributed by atoms with Gasteiger partial charge in [0, 0.05) is 0 Å². The second-order valence-corrected chi connectivity index (χ2v) is 4.30. The predicted octanol–water partition coefficient (Wildman–Crippen LogP) is 2.51. The standard InChI is InChI=1S/C13H9FN4O3/c1-6-10-11(15-5-16-12(10)21-18-6)17-9-3-2-7(13(19)20)4-8(9)14/h2-5H,1H3,(H,19,20)(H,15,16,17). The van der Waals surface area contributed by atoms with Gasteiger partial charge in [0.05, 0.1) is 16.9 Å².